The summed E-state index contributed by atoms with van der Waals surface area (Å²) in [6.45, 7) is 4.73. The molecule has 0 spiro atoms. The predicted molar refractivity (Wildman–Crippen MR) is 57.6 cm³/mol. The van der Waals surface area contributed by atoms with Crippen LogP contribution < -0.4 is 0 Å². The van der Waals surface area contributed by atoms with Crippen LogP contribution in [0.15, 0.2) is 23.3 Å². The molecule has 0 nitrogen and oxygen atoms in total. The first kappa shape index (κ1) is 9.05. The van der Waals surface area contributed by atoms with Crippen LogP contribution in [0.3, 0.4) is 0 Å². The number of rotatable bonds is 1. The lowest BCUT2D eigenvalue weighted by Gasteiger charge is -2.31. The van der Waals surface area contributed by atoms with Crippen molar-refractivity contribution >= 4 is 0 Å². The van der Waals surface area contributed by atoms with E-state index in [1.165, 1.54) is 32.1 Å². The standard InChI is InChI=1S/C13H20/c1-10(2)12-9-5-7-11-6-3-4-8-13(11)12/h5,7,10,12H,3-4,6,8-9H2,1-2H3. The van der Waals surface area contributed by atoms with E-state index >= 15 is 0 Å². The average Bonchev–Trinajstić information content (AvgIpc) is 2.17. The first-order valence-electron chi connectivity index (χ1n) is 5.67. The summed E-state index contributed by atoms with van der Waals surface area (Å²) in [5.41, 5.74) is 3.47. The number of allylic oxidation sites excluding steroid dienone is 4. The van der Waals surface area contributed by atoms with Crippen LogP contribution in [0, 0.1) is 11.8 Å². The van der Waals surface area contributed by atoms with Gasteiger partial charge in [-0.05, 0) is 49.5 Å². The van der Waals surface area contributed by atoms with Crippen molar-refractivity contribution in [3.05, 3.63) is 23.3 Å². The molecular formula is C13H20. The molecule has 0 saturated carbocycles. The number of hydrogen-bond acceptors (Lipinski definition) is 0. The molecule has 1 unspecified atom stereocenters. The molecular weight excluding hydrogens is 156 g/mol. The Morgan fingerprint density at radius 1 is 1.23 bits per heavy atom. The minimum atomic E-state index is 0.827. The van der Waals surface area contributed by atoms with E-state index in [0.29, 0.717) is 0 Å². The molecule has 0 saturated heterocycles. The molecule has 0 radical (unpaired) electrons. The van der Waals surface area contributed by atoms with Gasteiger partial charge in [0, 0.05) is 0 Å². The molecule has 1 atom stereocenters. The monoisotopic (exact) mass is 176 g/mol. The molecule has 0 aliphatic heterocycles. The van der Waals surface area contributed by atoms with Gasteiger partial charge in [-0.15, -0.1) is 0 Å². The van der Waals surface area contributed by atoms with Crippen molar-refractivity contribution in [1.29, 1.82) is 0 Å². The minimum absolute atomic E-state index is 0.827. The largest absolute Gasteiger partial charge is 0.0837 e. The lowest BCUT2D eigenvalue weighted by atomic mass is 9.74. The molecule has 13 heavy (non-hydrogen) atoms. The van der Waals surface area contributed by atoms with Crippen LogP contribution in [-0.4, -0.2) is 0 Å². The van der Waals surface area contributed by atoms with Gasteiger partial charge in [-0.1, -0.05) is 31.6 Å². The van der Waals surface area contributed by atoms with Crippen LogP contribution >= 0.6 is 0 Å². The van der Waals surface area contributed by atoms with E-state index in [2.05, 4.69) is 26.0 Å². The fourth-order valence-electron chi connectivity index (χ4n) is 2.74. The van der Waals surface area contributed by atoms with Gasteiger partial charge in [0.25, 0.3) is 0 Å². The molecule has 0 N–H and O–H groups in total. The third-order valence-electron chi connectivity index (χ3n) is 3.52. The van der Waals surface area contributed by atoms with Crippen molar-refractivity contribution < 1.29 is 0 Å². The average molecular weight is 176 g/mol. The zero-order valence-electron chi connectivity index (χ0n) is 8.84. The van der Waals surface area contributed by atoms with E-state index in [0.717, 1.165) is 11.8 Å². The molecule has 0 bridgehead atoms. The second kappa shape index (κ2) is 3.69. The highest BCUT2D eigenvalue weighted by Crippen LogP contribution is 2.38. The van der Waals surface area contributed by atoms with Crippen molar-refractivity contribution in [2.24, 2.45) is 11.8 Å². The number of hydrogen-bond donors (Lipinski definition) is 0. The smallest absolute Gasteiger partial charge is 0.0140 e. The van der Waals surface area contributed by atoms with Gasteiger partial charge < -0.3 is 0 Å². The van der Waals surface area contributed by atoms with E-state index in [-0.39, 0.29) is 0 Å². The van der Waals surface area contributed by atoms with Gasteiger partial charge >= 0.3 is 0 Å². The second-order valence-electron chi connectivity index (χ2n) is 4.75. The molecule has 0 fully saturated rings. The van der Waals surface area contributed by atoms with E-state index in [9.17, 15) is 0 Å². The second-order valence-corrected chi connectivity index (χ2v) is 4.75. The molecule has 0 amide bonds. The summed E-state index contributed by atoms with van der Waals surface area (Å²) >= 11 is 0. The van der Waals surface area contributed by atoms with Gasteiger partial charge in [0.2, 0.25) is 0 Å². The van der Waals surface area contributed by atoms with E-state index in [4.69, 9.17) is 0 Å². The van der Waals surface area contributed by atoms with E-state index in [1.807, 2.05) is 0 Å². The highest BCUT2D eigenvalue weighted by Gasteiger charge is 2.23. The lowest BCUT2D eigenvalue weighted by Crippen LogP contribution is -2.17. The first-order chi connectivity index (χ1) is 6.29. The SMILES string of the molecule is CC(C)C1CC=CC2=C1CCCC2. The highest BCUT2D eigenvalue weighted by atomic mass is 14.3. The van der Waals surface area contributed by atoms with E-state index < -0.39 is 0 Å². The van der Waals surface area contributed by atoms with Crippen molar-refractivity contribution in [3.63, 3.8) is 0 Å². The maximum atomic E-state index is 2.38. The predicted octanol–water partition coefficient (Wildman–Crippen LogP) is 4.09. The summed E-state index contributed by atoms with van der Waals surface area (Å²) in [6, 6.07) is 0. The molecule has 72 valence electrons. The molecule has 2 rings (SSSR count). The van der Waals surface area contributed by atoms with Crippen LogP contribution in [-0.2, 0) is 0 Å². The summed E-state index contributed by atoms with van der Waals surface area (Å²) in [4.78, 5) is 0. The van der Waals surface area contributed by atoms with Crippen molar-refractivity contribution in [2.45, 2.75) is 46.0 Å². The van der Waals surface area contributed by atoms with Gasteiger partial charge in [-0.25, -0.2) is 0 Å². The van der Waals surface area contributed by atoms with Gasteiger partial charge in [0.05, 0.1) is 0 Å². The Morgan fingerprint density at radius 3 is 2.77 bits per heavy atom. The molecule has 0 aromatic rings. The van der Waals surface area contributed by atoms with Gasteiger partial charge in [-0.2, -0.15) is 0 Å². The van der Waals surface area contributed by atoms with Crippen LogP contribution in [0.25, 0.3) is 0 Å². The third-order valence-corrected chi connectivity index (χ3v) is 3.52. The Balaban J connectivity index is 2.24. The first-order valence-corrected chi connectivity index (χ1v) is 5.67. The minimum Gasteiger partial charge on any atom is -0.0837 e. The normalized spacial score (nSPS) is 28.1. The molecule has 2 aliphatic rings. The molecule has 0 aromatic carbocycles. The fraction of sp³-hybridized carbons (Fsp3) is 0.692. The van der Waals surface area contributed by atoms with Crippen molar-refractivity contribution in [3.8, 4) is 0 Å². The van der Waals surface area contributed by atoms with Gasteiger partial charge in [-0.3, -0.25) is 0 Å². The van der Waals surface area contributed by atoms with Crippen LogP contribution in [0.4, 0.5) is 0 Å². The topological polar surface area (TPSA) is 0 Å². The van der Waals surface area contributed by atoms with Gasteiger partial charge in [0.1, 0.15) is 0 Å². The Morgan fingerprint density at radius 2 is 2.00 bits per heavy atom. The summed E-state index contributed by atoms with van der Waals surface area (Å²) in [5, 5.41) is 0. The fourth-order valence-corrected chi connectivity index (χ4v) is 2.74. The maximum absolute atomic E-state index is 2.38. The van der Waals surface area contributed by atoms with Gasteiger partial charge in [0.15, 0.2) is 0 Å². The van der Waals surface area contributed by atoms with Crippen molar-refractivity contribution in [2.75, 3.05) is 0 Å². The summed E-state index contributed by atoms with van der Waals surface area (Å²) in [5.74, 6) is 1.69. The summed E-state index contributed by atoms with van der Waals surface area (Å²) < 4.78 is 0. The van der Waals surface area contributed by atoms with Crippen LogP contribution in [0.2, 0.25) is 0 Å². The van der Waals surface area contributed by atoms with Crippen molar-refractivity contribution in [1.82, 2.24) is 0 Å². The Bertz CT molecular complexity index is 243. The third kappa shape index (κ3) is 1.72. The zero-order valence-corrected chi connectivity index (χ0v) is 8.84. The Hall–Kier alpha value is -0.520. The summed E-state index contributed by atoms with van der Waals surface area (Å²) in [6.07, 6.45) is 11.6. The van der Waals surface area contributed by atoms with Crippen LogP contribution in [0.5, 0.6) is 0 Å². The zero-order chi connectivity index (χ0) is 9.26. The Labute approximate surface area is 81.7 Å². The quantitative estimate of drug-likeness (QED) is 0.564. The molecule has 2 aliphatic carbocycles. The van der Waals surface area contributed by atoms with E-state index in [1.54, 1.807) is 11.1 Å². The highest BCUT2D eigenvalue weighted by molar-refractivity contribution is 5.33. The van der Waals surface area contributed by atoms with Crippen LogP contribution in [0.1, 0.15) is 46.0 Å². The summed E-state index contributed by atoms with van der Waals surface area (Å²) in [7, 11) is 0. The maximum Gasteiger partial charge on any atom is -0.0140 e. The Kier molecular flexibility index (Phi) is 2.57. The molecule has 0 heteroatoms. The molecule has 0 aromatic heterocycles. The lowest BCUT2D eigenvalue weighted by molar-refractivity contribution is 0.414. The molecule has 0 heterocycles.